The van der Waals surface area contributed by atoms with Crippen molar-refractivity contribution in [3.63, 3.8) is 0 Å². The van der Waals surface area contributed by atoms with Crippen LogP contribution in [0.4, 0.5) is 0 Å². The summed E-state index contributed by atoms with van der Waals surface area (Å²) in [7, 11) is 1.58. The van der Waals surface area contributed by atoms with Crippen LogP contribution in [0.15, 0.2) is 36.4 Å². The zero-order chi connectivity index (χ0) is 21.4. The fourth-order valence-corrected chi connectivity index (χ4v) is 2.77. The number of aliphatic hydroxyl groups is 1. The van der Waals surface area contributed by atoms with E-state index in [1.165, 1.54) is 6.07 Å². The van der Waals surface area contributed by atoms with Crippen LogP contribution in [0.1, 0.15) is 19.4 Å². The molecule has 0 spiro atoms. The Balaban J connectivity index is 1.80. The topological polar surface area (TPSA) is 77.0 Å². The number of rotatable bonds is 10. The summed E-state index contributed by atoms with van der Waals surface area (Å²) >= 11 is 11.7. The van der Waals surface area contributed by atoms with Gasteiger partial charge in [-0.1, -0.05) is 29.3 Å². The first-order valence-corrected chi connectivity index (χ1v) is 9.93. The molecule has 0 heterocycles. The smallest absolute Gasteiger partial charge is 0.252 e. The van der Waals surface area contributed by atoms with Crippen molar-refractivity contribution < 1.29 is 24.1 Å². The Bertz CT molecular complexity index is 829. The van der Waals surface area contributed by atoms with Gasteiger partial charge in [-0.05, 0) is 50.1 Å². The van der Waals surface area contributed by atoms with Gasteiger partial charge in [-0.15, -0.1) is 0 Å². The first-order chi connectivity index (χ1) is 13.8. The molecule has 158 valence electrons. The quantitative estimate of drug-likeness (QED) is 0.584. The third kappa shape index (κ3) is 7.31. The predicted molar refractivity (Wildman–Crippen MR) is 113 cm³/mol. The van der Waals surface area contributed by atoms with Crippen LogP contribution in [0.25, 0.3) is 0 Å². The first-order valence-electron chi connectivity index (χ1n) is 9.17. The molecule has 2 aromatic carbocycles. The maximum Gasteiger partial charge on any atom is 0.252 e. The minimum atomic E-state index is -1.30. The first kappa shape index (κ1) is 23.1. The van der Waals surface area contributed by atoms with Crippen LogP contribution in [-0.2, 0) is 11.2 Å². The Morgan fingerprint density at radius 2 is 1.86 bits per heavy atom. The molecule has 0 bridgehead atoms. The van der Waals surface area contributed by atoms with Crippen molar-refractivity contribution in [1.29, 1.82) is 0 Å². The minimum Gasteiger partial charge on any atom is -0.493 e. The predicted octanol–water partition coefficient (Wildman–Crippen LogP) is 3.89. The second-order valence-electron chi connectivity index (χ2n) is 6.60. The van der Waals surface area contributed by atoms with E-state index in [-0.39, 0.29) is 12.7 Å². The fraction of sp³-hybridized carbons (Fsp3) is 0.381. The lowest BCUT2D eigenvalue weighted by molar-refractivity contribution is -0.130. The summed E-state index contributed by atoms with van der Waals surface area (Å²) in [5.41, 5.74) is 0.972. The highest BCUT2D eigenvalue weighted by Gasteiger charge is 2.16. The fourth-order valence-electron chi connectivity index (χ4n) is 2.48. The van der Waals surface area contributed by atoms with Crippen LogP contribution < -0.4 is 19.5 Å². The average Bonchev–Trinajstić information content (AvgIpc) is 2.69. The summed E-state index contributed by atoms with van der Waals surface area (Å²) in [6.07, 6.45) is -0.688. The molecule has 1 atom stereocenters. The average molecular weight is 442 g/mol. The molecule has 0 unspecified atom stereocenters. The normalized spacial score (nSPS) is 11.8. The van der Waals surface area contributed by atoms with Gasteiger partial charge in [0.1, 0.15) is 12.4 Å². The number of hydrogen-bond acceptors (Lipinski definition) is 5. The van der Waals surface area contributed by atoms with Gasteiger partial charge >= 0.3 is 0 Å². The van der Waals surface area contributed by atoms with E-state index >= 15 is 0 Å². The number of methoxy groups -OCH3 is 1. The molecule has 1 amide bonds. The molecule has 0 aliphatic heterocycles. The Morgan fingerprint density at radius 3 is 2.52 bits per heavy atom. The summed E-state index contributed by atoms with van der Waals surface area (Å²) in [5, 5.41) is 13.4. The highest BCUT2D eigenvalue weighted by molar-refractivity contribution is 6.42. The molecule has 2 aromatic rings. The van der Waals surface area contributed by atoms with Gasteiger partial charge in [0.25, 0.3) is 5.91 Å². The van der Waals surface area contributed by atoms with E-state index in [2.05, 4.69) is 5.32 Å². The molecular weight excluding hydrogens is 417 g/mol. The van der Waals surface area contributed by atoms with Gasteiger partial charge in [-0.2, -0.15) is 0 Å². The van der Waals surface area contributed by atoms with Crippen LogP contribution in [-0.4, -0.2) is 43.5 Å². The number of halogens is 2. The molecule has 8 heteroatoms. The van der Waals surface area contributed by atoms with Crippen molar-refractivity contribution in [2.75, 3.05) is 20.3 Å². The number of ether oxygens (including phenoxy) is 3. The van der Waals surface area contributed by atoms with Gasteiger partial charge in [-0.3, -0.25) is 4.79 Å². The lowest BCUT2D eigenvalue weighted by Gasteiger charge is -2.15. The molecule has 2 N–H and O–H groups in total. The van der Waals surface area contributed by atoms with E-state index in [9.17, 15) is 9.90 Å². The number of carbonyl (C=O) groups is 1. The zero-order valence-electron chi connectivity index (χ0n) is 16.6. The maximum absolute atomic E-state index is 12.0. The summed E-state index contributed by atoms with van der Waals surface area (Å²) < 4.78 is 16.4. The number of amides is 1. The van der Waals surface area contributed by atoms with Crippen molar-refractivity contribution >= 4 is 29.1 Å². The number of benzene rings is 2. The maximum atomic E-state index is 12.0. The number of carbonyl (C=O) groups excluding carboxylic acids is 1. The number of nitrogens with one attached hydrogen (secondary N) is 1. The minimum absolute atomic E-state index is 0.0432. The zero-order valence-corrected chi connectivity index (χ0v) is 18.1. The SMILES string of the molecule is COc1cc(CCNC(=O)[C@@H](O)COc2ccc(Cl)c(Cl)c2)ccc1OC(C)C. The Kier molecular flexibility index (Phi) is 8.89. The van der Waals surface area contributed by atoms with Gasteiger partial charge in [0.15, 0.2) is 17.6 Å². The summed E-state index contributed by atoms with van der Waals surface area (Å²) in [4.78, 5) is 12.0. The number of hydrogen-bond donors (Lipinski definition) is 2. The van der Waals surface area contributed by atoms with Gasteiger partial charge in [-0.25, -0.2) is 0 Å². The molecule has 0 aliphatic rings. The second kappa shape index (κ2) is 11.1. The third-order valence-corrected chi connectivity index (χ3v) is 4.64. The van der Waals surface area contributed by atoms with Crippen LogP contribution in [0.2, 0.25) is 10.0 Å². The number of aliphatic hydroxyl groups excluding tert-OH is 1. The van der Waals surface area contributed by atoms with Crippen molar-refractivity contribution in [1.82, 2.24) is 5.32 Å². The van der Waals surface area contributed by atoms with Gasteiger partial charge in [0.2, 0.25) is 0 Å². The monoisotopic (exact) mass is 441 g/mol. The van der Waals surface area contributed by atoms with Crippen molar-refractivity contribution in [3.8, 4) is 17.2 Å². The molecule has 29 heavy (non-hydrogen) atoms. The molecule has 0 saturated heterocycles. The van der Waals surface area contributed by atoms with Crippen LogP contribution in [0.3, 0.4) is 0 Å². The largest absolute Gasteiger partial charge is 0.493 e. The van der Waals surface area contributed by atoms with E-state index in [4.69, 9.17) is 37.4 Å². The molecule has 2 rings (SSSR count). The van der Waals surface area contributed by atoms with Crippen molar-refractivity contribution in [2.24, 2.45) is 0 Å². The molecule has 0 aromatic heterocycles. The van der Waals surface area contributed by atoms with Gasteiger partial charge in [0, 0.05) is 12.6 Å². The van der Waals surface area contributed by atoms with E-state index in [0.717, 1.165) is 5.56 Å². The van der Waals surface area contributed by atoms with E-state index in [1.807, 2.05) is 32.0 Å². The van der Waals surface area contributed by atoms with Crippen LogP contribution in [0.5, 0.6) is 17.2 Å². The Morgan fingerprint density at radius 1 is 1.10 bits per heavy atom. The van der Waals surface area contributed by atoms with Crippen molar-refractivity contribution in [2.45, 2.75) is 32.5 Å². The summed E-state index contributed by atoms with van der Waals surface area (Å²) in [5.74, 6) is 1.21. The van der Waals surface area contributed by atoms with Gasteiger partial charge < -0.3 is 24.6 Å². The molecule has 0 aliphatic carbocycles. The Labute approximate surface area is 180 Å². The highest BCUT2D eigenvalue weighted by Crippen LogP contribution is 2.29. The van der Waals surface area contributed by atoms with Crippen LogP contribution >= 0.6 is 23.2 Å². The van der Waals surface area contributed by atoms with E-state index in [1.54, 1.807) is 19.2 Å². The van der Waals surface area contributed by atoms with Crippen LogP contribution in [0, 0.1) is 0 Å². The lowest BCUT2D eigenvalue weighted by atomic mass is 10.1. The molecular formula is C21H25Cl2NO5. The van der Waals surface area contributed by atoms with E-state index < -0.39 is 12.0 Å². The second-order valence-corrected chi connectivity index (χ2v) is 7.41. The Hall–Kier alpha value is -2.15. The molecule has 0 radical (unpaired) electrons. The molecule has 6 nitrogen and oxygen atoms in total. The molecule has 0 saturated carbocycles. The molecule has 0 fully saturated rings. The lowest BCUT2D eigenvalue weighted by Crippen LogP contribution is -2.39. The van der Waals surface area contributed by atoms with Crippen molar-refractivity contribution in [3.05, 3.63) is 52.0 Å². The standard InChI is InChI=1S/C21H25Cl2NO5/c1-13(2)29-19-7-4-14(10-20(19)27-3)8-9-24-21(26)18(25)12-28-15-5-6-16(22)17(23)11-15/h4-7,10-11,13,18,25H,8-9,12H2,1-3H3,(H,24,26)/t18-/m0/s1. The van der Waals surface area contributed by atoms with Gasteiger partial charge in [0.05, 0.1) is 23.3 Å². The highest BCUT2D eigenvalue weighted by atomic mass is 35.5. The van der Waals surface area contributed by atoms with E-state index in [0.29, 0.717) is 40.3 Å². The summed E-state index contributed by atoms with van der Waals surface area (Å²) in [6.45, 7) is 4.05. The third-order valence-electron chi connectivity index (χ3n) is 3.91. The summed E-state index contributed by atoms with van der Waals surface area (Å²) in [6, 6.07) is 10.3.